The summed E-state index contributed by atoms with van der Waals surface area (Å²) in [6.45, 7) is 4.39. The lowest BCUT2D eigenvalue weighted by Crippen LogP contribution is -2.30. The summed E-state index contributed by atoms with van der Waals surface area (Å²) < 4.78 is 3.42. The van der Waals surface area contributed by atoms with Crippen molar-refractivity contribution in [3.05, 3.63) is 46.9 Å². The Morgan fingerprint density at radius 2 is 2.00 bits per heavy atom. The van der Waals surface area contributed by atoms with Gasteiger partial charge >= 0.3 is 0 Å². The Labute approximate surface area is 163 Å². The molecular weight excluding hydrogens is 356 g/mol. The molecule has 8 nitrogen and oxygen atoms in total. The van der Waals surface area contributed by atoms with Crippen molar-refractivity contribution in [1.29, 1.82) is 0 Å². The number of amides is 1. The molecule has 0 aliphatic rings. The van der Waals surface area contributed by atoms with E-state index in [9.17, 15) is 9.59 Å². The smallest absolute Gasteiger partial charge is 0.293 e. The first-order valence-corrected chi connectivity index (χ1v) is 9.42. The molecule has 0 spiro atoms. The zero-order valence-corrected chi connectivity index (χ0v) is 16.7. The quantitative estimate of drug-likeness (QED) is 0.679. The standard InChI is InChI=1S/C20H26N6O2/c1-5-14(2)26-17(10-12-21-26)23-18(27)11-13-25-16-9-7-6-8-15(16)22-19(20(25)28)24(3)4/h6-10,12,14H,5,11,13H2,1-4H3,(H,23,27). The average molecular weight is 382 g/mol. The van der Waals surface area contributed by atoms with Crippen LogP contribution in [-0.4, -0.2) is 39.3 Å². The van der Waals surface area contributed by atoms with E-state index in [1.165, 1.54) is 0 Å². The van der Waals surface area contributed by atoms with Gasteiger partial charge in [0.05, 0.1) is 23.3 Å². The van der Waals surface area contributed by atoms with Gasteiger partial charge in [-0.1, -0.05) is 19.1 Å². The van der Waals surface area contributed by atoms with Crippen molar-refractivity contribution in [3.63, 3.8) is 0 Å². The van der Waals surface area contributed by atoms with Crippen LogP contribution in [0.4, 0.5) is 11.6 Å². The highest BCUT2D eigenvalue weighted by Gasteiger charge is 2.15. The van der Waals surface area contributed by atoms with Crippen LogP contribution in [0.1, 0.15) is 32.7 Å². The summed E-state index contributed by atoms with van der Waals surface area (Å²) in [7, 11) is 3.57. The second-order valence-electron chi connectivity index (χ2n) is 6.99. The third-order valence-corrected chi connectivity index (χ3v) is 4.77. The molecule has 2 aromatic heterocycles. The monoisotopic (exact) mass is 382 g/mol. The Balaban J connectivity index is 1.82. The molecule has 28 heavy (non-hydrogen) atoms. The highest BCUT2D eigenvalue weighted by atomic mass is 16.2. The van der Waals surface area contributed by atoms with Gasteiger partial charge < -0.3 is 14.8 Å². The van der Waals surface area contributed by atoms with E-state index in [4.69, 9.17) is 0 Å². The minimum Gasteiger partial charge on any atom is -0.358 e. The van der Waals surface area contributed by atoms with E-state index in [0.717, 1.165) is 17.5 Å². The molecule has 0 fully saturated rings. The fourth-order valence-corrected chi connectivity index (χ4v) is 3.05. The van der Waals surface area contributed by atoms with Crippen molar-refractivity contribution >= 4 is 28.6 Å². The number of aryl methyl sites for hydroxylation is 1. The van der Waals surface area contributed by atoms with E-state index in [2.05, 4.69) is 22.3 Å². The first-order valence-electron chi connectivity index (χ1n) is 9.42. The van der Waals surface area contributed by atoms with Crippen LogP contribution in [0, 0.1) is 0 Å². The normalized spacial score (nSPS) is 12.1. The summed E-state index contributed by atoms with van der Waals surface area (Å²) in [6.07, 6.45) is 2.76. The summed E-state index contributed by atoms with van der Waals surface area (Å²) in [5, 5.41) is 7.18. The topological polar surface area (TPSA) is 85.0 Å². The summed E-state index contributed by atoms with van der Waals surface area (Å²) in [5.41, 5.74) is 1.23. The Morgan fingerprint density at radius 3 is 2.71 bits per heavy atom. The van der Waals surface area contributed by atoms with Gasteiger partial charge in [0.1, 0.15) is 5.82 Å². The van der Waals surface area contributed by atoms with E-state index in [0.29, 0.717) is 11.6 Å². The van der Waals surface area contributed by atoms with Crippen molar-refractivity contribution in [2.45, 2.75) is 39.3 Å². The lowest BCUT2D eigenvalue weighted by atomic mass is 10.2. The summed E-state index contributed by atoms with van der Waals surface area (Å²) in [5.74, 6) is 0.860. The summed E-state index contributed by atoms with van der Waals surface area (Å²) in [6, 6.07) is 9.43. The number of anilines is 2. The van der Waals surface area contributed by atoms with E-state index >= 15 is 0 Å². The Hall–Kier alpha value is -3.16. The second kappa shape index (κ2) is 8.24. The molecule has 148 valence electrons. The molecule has 0 radical (unpaired) electrons. The third-order valence-electron chi connectivity index (χ3n) is 4.77. The van der Waals surface area contributed by atoms with Crippen LogP contribution in [0.5, 0.6) is 0 Å². The molecule has 0 bridgehead atoms. The van der Waals surface area contributed by atoms with Gasteiger partial charge in [0.2, 0.25) is 5.91 Å². The molecule has 0 aliphatic heterocycles. The molecule has 3 rings (SSSR count). The molecule has 0 aliphatic carbocycles. The zero-order chi connectivity index (χ0) is 20.3. The number of para-hydroxylation sites is 2. The molecule has 0 saturated heterocycles. The number of hydrogen-bond donors (Lipinski definition) is 1. The van der Waals surface area contributed by atoms with Crippen LogP contribution in [0.25, 0.3) is 11.0 Å². The highest BCUT2D eigenvalue weighted by Crippen LogP contribution is 2.17. The first-order chi connectivity index (χ1) is 13.4. The Kier molecular flexibility index (Phi) is 5.77. The first kappa shape index (κ1) is 19.6. The molecule has 2 heterocycles. The van der Waals surface area contributed by atoms with Gasteiger partial charge in [0.15, 0.2) is 5.82 Å². The molecule has 0 saturated carbocycles. The van der Waals surface area contributed by atoms with Crippen LogP contribution in [0.3, 0.4) is 0 Å². The predicted molar refractivity (Wildman–Crippen MR) is 111 cm³/mol. The number of nitrogens with one attached hydrogen (secondary N) is 1. The van der Waals surface area contributed by atoms with Crippen molar-refractivity contribution in [3.8, 4) is 0 Å². The molecule has 1 N–H and O–H groups in total. The van der Waals surface area contributed by atoms with Crippen molar-refractivity contribution < 1.29 is 4.79 Å². The maximum Gasteiger partial charge on any atom is 0.293 e. The SMILES string of the molecule is CCC(C)n1nccc1NC(=O)CCn1c(=O)c(N(C)C)nc2ccccc21. The molecule has 1 amide bonds. The maximum absolute atomic E-state index is 12.8. The second-order valence-corrected chi connectivity index (χ2v) is 6.99. The number of fused-ring (bicyclic) bond motifs is 1. The Morgan fingerprint density at radius 1 is 1.25 bits per heavy atom. The molecule has 1 unspecified atom stereocenters. The number of carbonyl (C=O) groups excluding carboxylic acids is 1. The minimum atomic E-state index is -0.207. The fraction of sp³-hybridized carbons (Fsp3) is 0.400. The van der Waals surface area contributed by atoms with Gasteiger partial charge in [-0.2, -0.15) is 5.10 Å². The van der Waals surface area contributed by atoms with Gasteiger partial charge in [-0.25, -0.2) is 9.67 Å². The van der Waals surface area contributed by atoms with Crippen LogP contribution >= 0.6 is 0 Å². The number of carbonyl (C=O) groups is 1. The van der Waals surface area contributed by atoms with Crippen molar-refractivity contribution in [2.75, 3.05) is 24.3 Å². The highest BCUT2D eigenvalue weighted by molar-refractivity contribution is 5.90. The van der Waals surface area contributed by atoms with Gasteiger partial charge in [0.25, 0.3) is 5.56 Å². The molecular formula is C20H26N6O2. The minimum absolute atomic E-state index is 0.163. The number of aromatic nitrogens is 4. The third kappa shape index (κ3) is 3.90. The van der Waals surface area contributed by atoms with Gasteiger partial charge in [-0.15, -0.1) is 0 Å². The van der Waals surface area contributed by atoms with Crippen molar-refractivity contribution in [1.82, 2.24) is 19.3 Å². The summed E-state index contributed by atoms with van der Waals surface area (Å²) in [4.78, 5) is 31.5. The molecule has 8 heteroatoms. The Bertz CT molecular complexity index is 1040. The average Bonchev–Trinajstić information content (AvgIpc) is 3.14. The number of nitrogens with zero attached hydrogens (tertiary/aromatic N) is 5. The van der Waals surface area contributed by atoms with Gasteiger partial charge in [-0.05, 0) is 25.5 Å². The molecule has 3 aromatic rings. The number of benzene rings is 1. The van der Waals surface area contributed by atoms with Gasteiger partial charge in [-0.3, -0.25) is 9.59 Å². The molecule has 1 aromatic carbocycles. The van der Waals surface area contributed by atoms with Crippen LogP contribution in [-0.2, 0) is 11.3 Å². The van der Waals surface area contributed by atoms with Gasteiger partial charge in [0, 0.05) is 33.1 Å². The van der Waals surface area contributed by atoms with E-state index < -0.39 is 0 Å². The largest absolute Gasteiger partial charge is 0.358 e. The maximum atomic E-state index is 12.8. The van der Waals surface area contributed by atoms with Crippen LogP contribution in [0.15, 0.2) is 41.3 Å². The van der Waals surface area contributed by atoms with E-state index in [1.54, 1.807) is 40.5 Å². The van der Waals surface area contributed by atoms with E-state index in [-0.39, 0.29) is 30.5 Å². The van der Waals surface area contributed by atoms with Crippen LogP contribution < -0.4 is 15.8 Å². The van der Waals surface area contributed by atoms with Crippen LogP contribution in [0.2, 0.25) is 0 Å². The van der Waals surface area contributed by atoms with E-state index in [1.807, 2.05) is 31.2 Å². The number of rotatable bonds is 7. The summed E-state index contributed by atoms with van der Waals surface area (Å²) >= 11 is 0. The zero-order valence-electron chi connectivity index (χ0n) is 16.7. The lowest BCUT2D eigenvalue weighted by Gasteiger charge is -2.16. The fourth-order valence-electron chi connectivity index (χ4n) is 3.05. The van der Waals surface area contributed by atoms with Crippen molar-refractivity contribution in [2.24, 2.45) is 0 Å². The molecule has 1 atom stereocenters. The predicted octanol–water partition coefficient (Wildman–Crippen LogP) is 2.66. The lowest BCUT2D eigenvalue weighted by molar-refractivity contribution is -0.116. The number of hydrogen-bond acceptors (Lipinski definition) is 5.